The van der Waals surface area contributed by atoms with Crippen LogP contribution >= 0.6 is 15.6 Å². The molecule has 0 bridgehead atoms. The van der Waals surface area contributed by atoms with Crippen LogP contribution in [0.2, 0.25) is 0 Å². The average Bonchev–Trinajstić information content (AvgIpc) is 3.57. The summed E-state index contributed by atoms with van der Waals surface area (Å²) in [7, 11) is -9.89. The number of aliphatic hydroxyl groups excluding tert-OH is 1. The smallest absolute Gasteiger partial charge is 0.462 e. The van der Waals surface area contributed by atoms with E-state index in [9.17, 15) is 43.2 Å². The summed E-state index contributed by atoms with van der Waals surface area (Å²) in [6.45, 7) is 11.7. The Morgan fingerprint density at radius 2 is 0.529 bits per heavy atom. The first-order chi connectivity index (χ1) is 41.7. The molecule has 3 N–H and O–H groups in total. The summed E-state index contributed by atoms with van der Waals surface area (Å²) in [6, 6.07) is 0. The molecule has 19 heteroatoms. The molecule has 2 unspecified atom stereocenters. The number of carbonyl (C=O) groups is 4. The number of phosphoric ester groups is 2. The van der Waals surface area contributed by atoms with Crippen molar-refractivity contribution in [3.63, 3.8) is 0 Å². The molecular formula is C68H132O17P2. The maximum atomic E-state index is 13.0. The van der Waals surface area contributed by atoms with Crippen LogP contribution in [0.5, 0.6) is 0 Å². The van der Waals surface area contributed by atoms with Gasteiger partial charge >= 0.3 is 39.5 Å². The Morgan fingerprint density at radius 3 is 0.782 bits per heavy atom. The van der Waals surface area contributed by atoms with Gasteiger partial charge in [-0.3, -0.25) is 37.3 Å². The molecule has 87 heavy (non-hydrogen) atoms. The summed E-state index contributed by atoms with van der Waals surface area (Å²) in [5, 5.41) is 10.6. The minimum absolute atomic E-state index is 0.102. The molecule has 0 heterocycles. The Labute approximate surface area is 530 Å². The Hall–Kier alpha value is -1.94. The van der Waals surface area contributed by atoms with E-state index in [0.29, 0.717) is 31.6 Å². The molecule has 17 nitrogen and oxygen atoms in total. The maximum Gasteiger partial charge on any atom is 0.472 e. The van der Waals surface area contributed by atoms with E-state index in [0.717, 1.165) is 108 Å². The molecule has 0 saturated carbocycles. The number of hydrogen-bond donors (Lipinski definition) is 3. The predicted molar refractivity (Wildman–Crippen MR) is 349 cm³/mol. The number of esters is 4. The van der Waals surface area contributed by atoms with Crippen molar-refractivity contribution in [2.45, 2.75) is 356 Å². The number of ether oxygens (including phenoxy) is 4. The molecule has 0 rings (SSSR count). The highest BCUT2D eigenvalue weighted by atomic mass is 31.2. The van der Waals surface area contributed by atoms with E-state index in [1.165, 1.54) is 141 Å². The van der Waals surface area contributed by atoms with Gasteiger partial charge in [-0.1, -0.05) is 286 Å². The zero-order valence-corrected chi connectivity index (χ0v) is 58.3. The molecule has 0 aromatic carbocycles. The molecule has 0 aliphatic rings. The number of hydrogen-bond acceptors (Lipinski definition) is 15. The van der Waals surface area contributed by atoms with Gasteiger partial charge in [0, 0.05) is 25.7 Å². The largest absolute Gasteiger partial charge is 0.472 e. The van der Waals surface area contributed by atoms with E-state index >= 15 is 0 Å². The van der Waals surface area contributed by atoms with Gasteiger partial charge in [0.1, 0.15) is 19.3 Å². The van der Waals surface area contributed by atoms with E-state index in [1.807, 2.05) is 0 Å². The van der Waals surface area contributed by atoms with Crippen LogP contribution in [0.3, 0.4) is 0 Å². The highest BCUT2D eigenvalue weighted by Crippen LogP contribution is 2.45. The van der Waals surface area contributed by atoms with Gasteiger partial charge in [0.2, 0.25) is 0 Å². The van der Waals surface area contributed by atoms with Crippen LogP contribution in [0.1, 0.15) is 337 Å². The zero-order chi connectivity index (χ0) is 64.5. The molecule has 0 saturated heterocycles. The van der Waals surface area contributed by atoms with E-state index < -0.39 is 97.5 Å². The second kappa shape index (κ2) is 59.1. The van der Waals surface area contributed by atoms with Crippen LogP contribution in [0, 0.1) is 17.8 Å². The van der Waals surface area contributed by atoms with E-state index in [1.54, 1.807) is 0 Å². The van der Waals surface area contributed by atoms with E-state index in [4.69, 9.17) is 37.0 Å². The Bertz CT molecular complexity index is 1720. The van der Waals surface area contributed by atoms with Crippen LogP contribution in [0.15, 0.2) is 0 Å². The molecule has 0 amide bonds. The Kier molecular flexibility index (Phi) is 57.8. The fourth-order valence-corrected chi connectivity index (χ4v) is 11.8. The molecular weight excluding hydrogens is 1150 g/mol. The van der Waals surface area contributed by atoms with Gasteiger partial charge in [-0.05, 0) is 43.4 Å². The summed E-state index contributed by atoms with van der Waals surface area (Å²) in [5.41, 5.74) is 0. The maximum absolute atomic E-state index is 13.0. The summed E-state index contributed by atoms with van der Waals surface area (Å²) < 4.78 is 68.1. The van der Waals surface area contributed by atoms with Crippen molar-refractivity contribution in [3.05, 3.63) is 0 Å². The second-order valence-corrected chi connectivity index (χ2v) is 28.9. The molecule has 0 fully saturated rings. The molecule has 0 spiro atoms. The second-order valence-electron chi connectivity index (χ2n) is 26.0. The minimum Gasteiger partial charge on any atom is -0.462 e. The monoisotopic (exact) mass is 1280 g/mol. The first-order valence-electron chi connectivity index (χ1n) is 35.3. The highest BCUT2D eigenvalue weighted by Gasteiger charge is 2.30. The lowest BCUT2D eigenvalue weighted by Crippen LogP contribution is -2.30. The van der Waals surface area contributed by atoms with Crippen LogP contribution in [0.25, 0.3) is 0 Å². The summed E-state index contributed by atoms with van der Waals surface area (Å²) in [4.78, 5) is 72.3. The lowest BCUT2D eigenvalue weighted by atomic mass is 10.0. The number of aliphatic hydroxyl groups is 1. The first-order valence-corrected chi connectivity index (χ1v) is 38.3. The molecule has 0 aliphatic carbocycles. The summed E-state index contributed by atoms with van der Waals surface area (Å²) in [6.07, 6.45) is 41.9. The van der Waals surface area contributed by atoms with Crippen LogP contribution in [-0.2, 0) is 65.4 Å². The molecule has 0 aromatic heterocycles. The van der Waals surface area contributed by atoms with Crippen molar-refractivity contribution >= 4 is 39.5 Å². The van der Waals surface area contributed by atoms with Crippen molar-refractivity contribution < 1.29 is 80.2 Å². The van der Waals surface area contributed by atoms with E-state index in [-0.39, 0.29) is 25.7 Å². The number of carbonyl (C=O) groups excluding carboxylic acids is 4. The normalized spacial score (nSPS) is 14.3. The van der Waals surface area contributed by atoms with Gasteiger partial charge in [0.25, 0.3) is 0 Å². The third kappa shape index (κ3) is 62.6. The average molecular weight is 1280 g/mol. The SMILES string of the molecule is CCCCCCCCCCC(=O)OC[C@H](COP(=O)(O)OC[C@H](O)COP(=O)(O)OC[C@@H](COC(=O)CCCCCCCCCCCCC(C)C)OC(=O)CCCCCCCCCCCCCCCCC(C)C)OC(=O)CCCCCCCCC(C)C. The minimum atomic E-state index is -4.95. The van der Waals surface area contributed by atoms with Crippen molar-refractivity contribution in [2.75, 3.05) is 39.6 Å². The van der Waals surface area contributed by atoms with Gasteiger partial charge in [-0.2, -0.15) is 0 Å². The quantitative estimate of drug-likeness (QED) is 0.0222. The Morgan fingerprint density at radius 1 is 0.310 bits per heavy atom. The molecule has 0 aromatic rings. The third-order valence-electron chi connectivity index (χ3n) is 15.6. The lowest BCUT2D eigenvalue weighted by molar-refractivity contribution is -0.161. The summed E-state index contributed by atoms with van der Waals surface area (Å²) in [5.74, 6) is 0.0876. The van der Waals surface area contributed by atoms with Crippen molar-refractivity contribution in [3.8, 4) is 0 Å². The fraction of sp³-hybridized carbons (Fsp3) is 0.941. The number of unbranched alkanes of at least 4 members (excludes halogenated alkanes) is 34. The lowest BCUT2D eigenvalue weighted by Gasteiger charge is -2.21. The van der Waals surface area contributed by atoms with Gasteiger partial charge in [-0.15, -0.1) is 0 Å². The highest BCUT2D eigenvalue weighted by molar-refractivity contribution is 7.47. The number of rotatable bonds is 66. The standard InChI is InChI=1S/C68H132O17P2/c1-8-9-10-11-12-27-35-42-49-65(70)78-56-64(85-68(73)52-45-38-31-30-34-41-48-61(6)7)58-83-87(76,77)81-54-62(69)53-80-86(74,75)82-57-63(55-79-66(71)50-43-36-28-23-20-19-22-26-33-40-47-60(4)5)84-67(72)51-44-37-29-24-18-16-14-13-15-17-21-25-32-39-46-59(2)3/h59-64,69H,8-58H2,1-7H3,(H,74,75)(H,76,77)/t62-,63-,64-/m1/s1. The van der Waals surface area contributed by atoms with Gasteiger partial charge in [-0.25, -0.2) is 9.13 Å². The predicted octanol–water partition coefficient (Wildman–Crippen LogP) is 19.1. The molecule has 0 radical (unpaired) electrons. The van der Waals surface area contributed by atoms with Gasteiger partial charge < -0.3 is 33.8 Å². The van der Waals surface area contributed by atoms with Gasteiger partial charge in [0.05, 0.1) is 26.4 Å². The van der Waals surface area contributed by atoms with Gasteiger partial charge in [0.15, 0.2) is 12.2 Å². The fourth-order valence-electron chi connectivity index (χ4n) is 10.2. The third-order valence-corrected chi connectivity index (χ3v) is 17.5. The van der Waals surface area contributed by atoms with Crippen molar-refractivity contribution in [1.82, 2.24) is 0 Å². The molecule has 5 atom stereocenters. The Balaban J connectivity index is 5.21. The van der Waals surface area contributed by atoms with Crippen molar-refractivity contribution in [1.29, 1.82) is 0 Å². The van der Waals surface area contributed by atoms with Crippen LogP contribution in [0.4, 0.5) is 0 Å². The topological polar surface area (TPSA) is 237 Å². The summed E-state index contributed by atoms with van der Waals surface area (Å²) >= 11 is 0. The van der Waals surface area contributed by atoms with Crippen LogP contribution in [-0.4, -0.2) is 96.7 Å². The molecule has 516 valence electrons. The van der Waals surface area contributed by atoms with E-state index in [2.05, 4.69) is 48.5 Å². The number of phosphoric acid groups is 2. The first kappa shape index (κ1) is 85.1. The van der Waals surface area contributed by atoms with Crippen LogP contribution < -0.4 is 0 Å². The van der Waals surface area contributed by atoms with Crippen molar-refractivity contribution in [2.24, 2.45) is 17.8 Å². The zero-order valence-electron chi connectivity index (χ0n) is 56.5. The molecule has 0 aliphatic heterocycles.